The molecule has 122 valence electrons. The largest absolute Gasteiger partial charge is 0.342 e. The monoisotopic (exact) mass is 353 g/mol. The van der Waals surface area contributed by atoms with Gasteiger partial charge in [0.2, 0.25) is 5.79 Å². The lowest BCUT2D eigenvalue weighted by Crippen LogP contribution is -2.38. The van der Waals surface area contributed by atoms with E-state index < -0.39 is 5.79 Å². The van der Waals surface area contributed by atoms with Gasteiger partial charge in [-0.3, -0.25) is 0 Å². The van der Waals surface area contributed by atoms with Gasteiger partial charge >= 0.3 is 0 Å². The fourth-order valence-corrected chi connectivity index (χ4v) is 2.74. The Hall–Kier alpha value is -1.40. The van der Waals surface area contributed by atoms with E-state index in [9.17, 15) is 0 Å². The van der Waals surface area contributed by atoms with Crippen LogP contribution in [0.25, 0.3) is 6.08 Å². The minimum absolute atomic E-state index is 0.155. The second-order valence-electron chi connectivity index (χ2n) is 5.36. The first-order valence-corrected chi connectivity index (χ1v) is 8.21. The van der Waals surface area contributed by atoms with E-state index in [0.29, 0.717) is 17.5 Å². The molecule has 1 aliphatic rings. The quantitative estimate of drug-likeness (QED) is 0.771. The third-order valence-electron chi connectivity index (χ3n) is 3.81. The summed E-state index contributed by atoms with van der Waals surface area (Å²) >= 11 is 11.8. The van der Waals surface area contributed by atoms with Gasteiger partial charge in [-0.1, -0.05) is 29.8 Å². The van der Waals surface area contributed by atoms with Crippen molar-refractivity contribution in [3.8, 4) is 0 Å². The molecule has 1 aromatic carbocycles. The second-order valence-corrected chi connectivity index (χ2v) is 6.11. The molecule has 1 saturated heterocycles. The number of benzene rings is 1. The average molecular weight is 354 g/mol. The Balaban J connectivity index is 1.88. The van der Waals surface area contributed by atoms with Crippen LogP contribution in [-0.2, 0) is 9.47 Å². The summed E-state index contributed by atoms with van der Waals surface area (Å²) in [5.41, 5.74) is 1.00. The molecule has 5 nitrogen and oxygen atoms in total. The zero-order valence-electron chi connectivity index (χ0n) is 12.6. The number of nitrogens with zero attached hydrogens (tertiary/aromatic N) is 3. The highest BCUT2D eigenvalue weighted by Crippen LogP contribution is 2.36. The van der Waals surface area contributed by atoms with Gasteiger partial charge in [0.05, 0.1) is 18.6 Å². The van der Waals surface area contributed by atoms with Crippen molar-refractivity contribution >= 4 is 29.3 Å². The molecule has 3 rings (SSSR count). The van der Waals surface area contributed by atoms with Crippen LogP contribution in [0.4, 0.5) is 0 Å². The lowest BCUT2D eigenvalue weighted by atomic mass is 10.1. The number of aromatic nitrogens is 3. The van der Waals surface area contributed by atoms with Gasteiger partial charge in [-0.2, -0.15) is 5.10 Å². The zero-order valence-corrected chi connectivity index (χ0v) is 14.1. The smallest absolute Gasteiger partial charge is 0.211 e. The van der Waals surface area contributed by atoms with E-state index >= 15 is 0 Å². The fraction of sp³-hybridized carbons (Fsp3) is 0.375. The van der Waals surface area contributed by atoms with E-state index in [1.807, 2.05) is 43.3 Å². The Morgan fingerprint density at radius 3 is 2.83 bits per heavy atom. The van der Waals surface area contributed by atoms with E-state index in [4.69, 9.17) is 32.7 Å². The molecule has 0 N–H and O–H groups in total. The molecule has 0 saturated carbocycles. The maximum absolute atomic E-state index is 6.07. The SMILES string of the molecule is CC(n1cncn1)C1(/C=C/c2ccc(Cl)cc2)OCC(CCl)O1. The highest BCUT2D eigenvalue weighted by Gasteiger charge is 2.45. The van der Waals surface area contributed by atoms with Crippen LogP contribution in [0, 0.1) is 0 Å². The van der Waals surface area contributed by atoms with Crippen molar-refractivity contribution in [3.63, 3.8) is 0 Å². The first-order chi connectivity index (χ1) is 11.1. The van der Waals surface area contributed by atoms with E-state index in [1.165, 1.54) is 6.33 Å². The minimum atomic E-state index is -0.938. The third kappa shape index (κ3) is 3.58. The normalized spacial score (nSPS) is 26.0. The molecule has 7 heteroatoms. The van der Waals surface area contributed by atoms with Crippen molar-refractivity contribution in [3.05, 3.63) is 53.6 Å². The van der Waals surface area contributed by atoms with E-state index in [2.05, 4.69) is 10.1 Å². The van der Waals surface area contributed by atoms with Crippen LogP contribution in [0.5, 0.6) is 0 Å². The average Bonchev–Trinajstić information content (AvgIpc) is 3.24. The molecule has 3 unspecified atom stereocenters. The van der Waals surface area contributed by atoms with Crippen LogP contribution in [0.3, 0.4) is 0 Å². The molecule has 3 atom stereocenters. The highest BCUT2D eigenvalue weighted by atomic mass is 35.5. The Bertz CT molecular complexity index is 660. The van der Waals surface area contributed by atoms with Crippen molar-refractivity contribution < 1.29 is 9.47 Å². The van der Waals surface area contributed by atoms with Crippen LogP contribution < -0.4 is 0 Å². The van der Waals surface area contributed by atoms with Gasteiger partial charge in [-0.25, -0.2) is 9.67 Å². The van der Waals surface area contributed by atoms with Gasteiger partial charge < -0.3 is 9.47 Å². The van der Waals surface area contributed by atoms with Crippen LogP contribution in [0.2, 0.25) is 5.02 Å². The van der Waals surface area contributed by atoms with Gasteiger partial charge in [-0.05, 0) is 30.7 Å². The van der Waals surface area contributed by atoms with Crippen molar-refractivity contribution in [2.24, 2.45) is 0 Å². The Morgan fingerprint density at radius 1 is 1.43 bits per heavy atom. The Labute approximate surface area is 144 Å². The molecule has 2 heterocycles. The number of ether oxygens (including phenoxy) is 2. The zero-order chi connectivity index (χ0) is 16.3. The molecule has 0 amide bonds. The number of hydrogen-bond donors (Lipinski definition) is 0. The maximum atomic E-state index is 6.07. The third-order valence-corrected chi connectivity index (χ3v) is 4.41. The molecule has 0 bridgehead atoms. The Morgan fingerprint density at radius 2 is 2.22 bits per heavy atom. The summed E-state index contributed by atoms with van der Waals surface area (Å²) in [7, 11) is 0. The van der Waals surface area contributed by atoms with E-state index in [1.54, 1.807) is 11.0 Å². The summed E-state index contributed by atoms with van der Waals surface area (Å²) in [5.74, 6) is -0.562. The van der Waals surface area contributed by atoms with Crippen LogP contribution in [0.15, 0.2) is 43.0 Å². The first kappa shape index (κ1) is 16.5. The van der Waals surface area contributed by atoms with Crippen molar-refractivity contribution in [1.29, 1.82) is 0 Å². The summed E-state index contributed by atoms with van der Waals surface area (Å²) in [6, 6.07) is 7.35. The van der Waals surface area contributed by atoms with E-state index in [-0.39, 0.29) is 12.1 Å². The summed E-state index contributed by atoms with van der Waals surface area (Å²) < 4.78 is 13.8. The molecule has 23 heavy (non-hydrogen) atoms. The Kier molecular flexibility index (Phi) is 5.02. The van der Waals surface area contributed by atoms with Crippen LogP contribution in [0.1, 0.15) is 18.5 Å². The van der Waals surface area contributed by atoms with Crippen molar-refractivity contribution in [1.82, 2.24) is 14.8 Å². The highest BCUT2D eigenvalue weighted by molar-refractivity contribution is 6.30. The summed E-state index contributed by atoms with van der Waals surface area (Å²) in [6.07, 6.45) is 6.82. The summed E-state index contributed by atoms with van der Waals surface area (Å²) in [6.45, 7) is 2.41. The standard InChI is InChI=1S/C16H17Cl2N3O2/c1-12(21-11-19-10-20-21)16(22-9-15(8-17)23-16)7-6-13-2-4-14(18)5-3-13/h2-7,10-12,15H,8-9H2,1H3/b7-6+. The van der Waals surface area contributed by atoms with Crippen molar-refractivity contribution in [2.75, 3.05) is 12.5 Å². The van der Waals surface area contributed by atoms with Crippen molar-refractivity contribution in [2.45, 2.75) is 24.9 Å². The van der Waals surface area contributed by atoms with Crippen LogP contribution in [-0.4, -0.2) is 39.1 Å². The molecular formula is C16H17Cl2N3O2. The topological polar surface area (TPSA) is 49.2 Å². The predicted octanol–water partition coefficient (Wildman–Crippen LogP) is 3.56. The molecule has 1 aromatic heterocycles. The molecular weight excluding hydrogens is 337 g/mol. The molecule has 1 aliphatic heterocycles. The first-order valence-electron chi connectivity index (χ1n) is 7.29. The van der Waals surface area contributed by atoms with Gasteiger partial charge in [0.15, 0.2) is 0 Å². The lowest BCUT2D eigenvalue weighted by molar-refractivity contribution is -0.157. The predicted molar refractivity (Wildman–Crippen MR) is 89.5 cm³/mol. The van der Waals surface area contributed by atoms with Gasteiger partial charge in [0.25, 0.3) is 0 Å². The van der Waals surface area contributed by atoms with Gasteiger partial charge in [0, 0.05) is 5.02 Å². The van der Waals surface area contributed by atoms with Gasteiger partial charge in [0.1, 0.15) is 18.7 Å². The molecule has 0 aliphatic carbocycles. The summed E-state index contributed by atoms with van der Waals surface area (Å²) in [5, 5.41) is 4.88. The minimum Gasteiger partial charge on any atom is -0.342 e. The van der Waals surface area contributed by atoms with Gasteiger partial charge in [-0.15, -0.1) is 11.6 Å². The lowest BCUT2D eigenvalue weighted by Gasteiger charge is -2.31. The fourth-order valence-electron chi connectivity index (χ4n) is 2.46. The molecule has 2 aromatic rings. The summed E-state index contributed by atoms with van der Waals surface area (Å²) in [4.78, 5) is 3.99. The number of alkyl halides is 1. The second kappa shape index (κ2) is 7.01. The number of rotatable bonds is 5. The molecule has 1 fully saturated rings. The molecule has 0 radical (unpaired) electrons. The number of hydrogen-bond acceptors (Lipinski definition) is 4. The molecule has 0 spiro atoms. The maximum Gasteiger partial charge on any atom is 0.211 e. The van der Waals surface area contributed by atoms with Crippen LogP contribution >= 0.6 is 23.2 Å². The van der Waals surface area contributed by atoms with E-state index in [0.717, 1.165) is 5.56 Å². The number of halogens is 2.